The summed E-state index contributed by atoms with van der Waals surface area (Å²) in [5.74, 6) is 0.516. The number of hydrogen-bond donors (Lipinski definition) is 4. The predicted octanol–water partition coefficient (Wildman–Crippen LogP) is 5.31. The molecule has 0 radical (unpaired) electrons. The summed E-state index contributed by atoms with van der Waals surface area (Å²) in [5, 5.41) is 25.1. The summed E-state index contributed by atoms with van der Waals surface area (Å²) in [6.07, 6.45) is 1.05. The summed E-state index contributed by atoms with van der Waals surface area (Å²) in [5.41, 5.74) is 1.15. The molecule has 1 heterocycles. The Labute approximate surface area is 171 Å². The van der Waals surface area contributed by atoms with Gasteiger partial charge >= 0.3 is 0 Å². The highest BCUT2D eigenvalue weighted by Crippen LogP contribution is 2.31. The average Bonchev–Trinajstić information content (AvgIpc) is 2.74. The minimum atomic E-state index is -0.629. The smallest absolute Gasteiger partial charge is 0.229 e. The van der Waals surface area contributed by atoms with Crippen molar-refractivity contribution in [3.8, 4) is 23.0 Å². The van der Waals surface area contributed by atoms with Gasteiger partial charge in [0.1, 0.15) is 11.5 Å². The summed E-state index contributed by atoms with van der Waals surface area (Å²) in [4.78, 5) is 8.08. The van der Waals surface area contributed by atoms with Crippen LogP contribution in [-0.2, 0) is 0 Å². The van der Waals surface area contributed by atoms with Crippen LogP contribution in [0.25, 0.3) is 0 Å². The van der Waals surface area contributed by atoms with Gasteiger partial charge in [0.05, 0.1) is 6.20 Å². The van der Waals surface area contributed by atoms with E-state index in [0.29, 0.717) is 22.9 Å². The Morgan fingerprint density at radius 3 is 2.40 bits per heavy atom. The van der Waals surface area contributed by atoms with Crippen molar-refractivity contribution in [2.75, 3.05) is 10.6 Å². The Morgan fingerprint density at radius 2 is 1.63 bits per heavy atom. The number of phenolic OH excluding ortho intramolecular Hbond substituents is 2. The quantitative estimate of drug-likeness (QED) is 0.346. The molecule has 150 valence electrons. The summed E-state index contributed by atoms with van der Waals surface area (Å²) >= 11 is 0. The number of nitrogens with zero attached hydrogens (tertiary/aromatic N) is 2. The van der Waals surface area contributed by atoms with E-state index in [0.717, 1.165) is 6.20 Å². The molecule has 0 saturated carbocycles. The molecule has 30 heavy (non-hydrogen) atoms. The van der Waals surface area contributed by atoms with E-state index < -0.39 is 5.82 Å². The van der Waals surface area contributed by atoms with Crippen molar-refractivity contribution in [3.05, 3.63) is 84.8 Å². The van der Waals surface area contributed by atoms with E-state index in [-0.39, 0.29) is 23.3 Å². The number of rotatable bonds is 6. The molecule has 8 heteroatoms. The van der Waals surface area contributed by atoms with Crippen LogP contribution in [0.3, 0.4) is 0 Å². The van der Waals surface area contributed by atoms with Crippen LogP contribution in [0.2, 0.25) is 0 Å². The van der Waals surface area contributed by atoms with Crippen LogP contribution in [0.15, 0.2) is 79.0 Å². The molecule has 0 atom stereocenters. The van der Waals surface area contributed by atoms with Gasteiger partial charge in [0, 0.05) is 17.4 Å². The first-order valence-electron chi connectivity index (χ1n) is 8.98. The van der Waals surface area contributed by atoms with E-state index in [4.69, 9.17) is 4.74 Å². The normalized spacial score (nSPS) is 10.4. The van der Waals surface area contributed by atoms with E-state index in [1.54, 1.807) is 60.7 Å². The number of ether oxygens (including phenoxy) is 1. The molecule has 0 bridgehead atoms. The molecule has 0 unspecified atom stereocenters. The number of anilines is 4. The minimum Gasteiger partial charge on any atom is -0.508 e. The topological polar surface area (TPSA) is 99.5 Å². The zero-order valence-electron chi connectivity index (χ0n) is 15.6. The summed E-state index contributed by atoms with van der Waals surface area (Å²) in [7, 11) is 0. The first-order chi connectivity index (χ1) is 14.6. The zero-order valence-corrected chi connectivity index (χ0v) is 15.6. The lowest BCUT2D eigenvalue weighted by atomic mass is 10.3. The zero-order chi connectivity index (χ0) is 20.9. The number of aromatic nitrogens is 2. The van der Waals surface area contributed by atoms with E-state index in [1.165, 1.54) is 12.1 Å². The lowest BCUT2D eigenvalue weighted by molar-refractivity contribution is 0.411. The molecule has 7 nitrogen and oxygen atoms in total. The molecule has 0 fully saturated rings. The van der Waals surface area contributed by atoms with E-state index >= 15 is 0 Å². The van der Waals surface area contributed by atoms with E-state index in [9.17, 15) is 14.6 Å². The fourth-order valence-electron chi connectivity index (χ4n) is 2.64. The maximum absolute atomic E-state index is 14.1. The molecule has 0 aliphatic carbocycles. The number of hydrogen-bond acceptors (Lipinski definition) is 7. The van der Waals surface area contributed by atoms with Crippen LogP contribution in [0.5, 0.6) is 23.0 Å². The number of aromatic hydroxyl groups is 2. The highest BCUT2D eigenvalue weighted by Gasteiger charge is 2.09. The average molecular weight is 404 g/mol. The standard InChI is InChI=1S/C22H17FN4O3/c23-18-13-24-22(27-21(18)25-15-4-3-5-16(28)12-15)26-14-8-10-17(11-9-14)30-20-7-2-1-6-19(20)29/h1-13,28-29H,(H2,24,25,26,27). The number of phenols is 2. The fourth-order valence-corrected chi connectivity index (χ4v) is 2.64. The molecule has 0 spiro atoms. The van der Waals surface area contributed by atoms with Gasteiger partial charge in [-0.3, -0.25) is 0 Å². The third-order valence-electron chi connectivity index (χ3n) is 4.06. The number of benzene rings is 3. The summed E-state index contributed by atoms with van der Waals surface area (Å²) in [6.45, 7) is 0. The van der Waals surface area contributed by atoms with Crippen molar-refractivity contribution < 1.29 is 19.3 Å². The third-order valence-corrected chi connectivity index (χ3v) is 4.06. The van der Waals surface area contributed by atoms with Gasteiger partial charge < -0.3 is 25.6 Å². The van der Waals surface area contributed by atoms with Crippen LogP contribution in [0.1, 0.15) is 0 Å². The van der Waals surface area contributed by atoms with Gasteiger partial charge in [-0.05, 0) is 48.5 Å². The van der Waals surface area contributed by atoms with E-state index in [2.05, 4.69) is 20.6 Å². The molecule has 4 rings (SSSR count). The molecule has 0 aliphatic heterocycles. The van der Waals surface area contributed by atoms with Crippen molar-refractivity contribution in [1.29, 1.82) is 0 Å². The summed E-state index contributed by atoms with van der Waals surface area (Å²) < 4.78 is 19.7. The molecule has 0 amide bonds. The molecule has 4 aromatic rings. The van der Waals surface area contributed by atoms with Gasteiger partial charge in [0.2, 0.25) is 5.95 Å². The second-order valence-corrected chi connectivity index (χ2v) is 6.28. The van der Waals surface area contributed by atoms with Gasteiger partial charge in [0.25, 0.3) is 0 Å². The molecule has 1 aromatic heterocycles. The molecular formula is C22H17FN4O3. The first kappa shape index (κ1) is 19.0. The molecule has 0 saturated heterocycles. The Bertz CT molecular complexity index is 1170. The SMILES string of the molecule is Oc1cccc(Nc2nc(Nc3ccc(Oc4ccccc4O)cc3)ncc2F)c1. The van der Waals surface area contributed by atoms with Gasteiger partial charge in [-0.25, -0.2) is 9.37 Å². The first-order valence-corrected chi connectivity index (χ1v) is 8.98. The van der Waals surface area contributed by atoms with Crippen molar-refractivity contribution in [3.63, 3.8) is 0 Å². The van der Waals surface area contributed by atoms with Gasteiger partial charge in [-0.15, -0.1) is 0 Å². The minimum absolute atomic E-state index is 0.0300. The Balaban J connectivity index is 1.47. The van der Waals surface area contributed by atoms with Crippen molar-refractivity contribution in [1.82, 2.24) is 9.97 Å². The fraction of sp³-hybridized carbons (Fsp3) is 0. The predicted molar refractivity (Wildman–Crippen MR) is 111 cm³/mol. The third kappa shape index (κ3) is 4.56. The van der Waals surface area contributed by atoms with Crippen molar-refractivity contribution in [2.24, 2.45) is 0 Å². The largest absolute Gasteiger partial charge is 0.508 e. The Hall–Kier alpha value is -4.33. The number of nitrogens with one attached hydrogen (secondary N) is 2. The molecular weight excluding hydrogens is 387 g/mol. The van der Waals surface area contributed by atoms with Crippen LogP contribution in [0.4, 0.5) is 27.5 Å². The van der Waals surface area contributed by atoms with Crippen molar-refractivity contribution in [2.45, 2.75) is 0 Å². The van der Waals surface area contributed by atoms with Gasteiger partial charge in [-0.1, -0.05) is 18.2 Å². The van der Waals surface area contributed by atoms with Crippen LogP contribution in [0, 0.1) is 5.82 Å². The molecule has 4 N–H and O–H groups in total. The number of para-hydroxylation sites is 2. The lowest BCUT2D eigenvalue weighted by Crippen LogP contribution is -2.03. The number of halogens is 1. The molecule has 0 aliphatic rings. The lowest BCUT2D eigenvalue weighted by Gasteiger charge is -2.11. The van der Waals surface area contributed by atoms with Crippen LogP contribution in [-0.4, -0.2) is 20.2 Å². The Morgan fingerprint density at radius 1 is 0.833 bits per heavy atom. The highest BCUT2D eigenvalue weighted by molar-refractivity contribution is 5.61. The Kier molecular flexibility index (Phi) is 5.29. The molecule has 3 aromatic carbocycles. The van der Waals surface area contributed by atoms with Crippen molar-refractivity contribution >= 4 is 23.1 Å². The maximum Gasteiger partial charge on any atom is 0.229 e. The van der Waals surface area contributed by atoms with Gasteiger partial charge in [-0.2, -0.15) is 4.98 Å². The monoisotopic (exact) mass is 404 g/mol. The maximum atomic E-state index is 14.1. The van der Waals surface area contributed by atoms with E-state index in [1.807, 2.05) is 0 Å². The van der Waals surface area contributed by atoms with Gasteiger partial charge in [0.15, 0.2) is 23.1 Å². The van der Waals surface area contributed by atoms with Crippen LogP contribution < -0.4 is 15.4 Å². The second-order valence-electron chi connectivity index (χ2n) is 6.28. The van der Waals surface area contributed by atoms with Crippen LogP contribution >= 0.6 is 0 Å². The second kappa shape index (κ2) is 8.36. The highest BCUT2D eigenvalue weighted by atomic mass is 19.1. The summed E-state index contributed by atoms with van der Waals surface area (Å²) in [6, 6.07) is 19.9.